The van der Waals surface area contributed by atoms with Crippen LogP contribution in [0.1, 0.15) is 16.7 Å². The van der Waals surface area contributed by atoms with E-state index in [1.165, 1.54) is 5.56 Å². The van der Waals surface area contributed by atoms with Gasteiger partial charge in [0.15, 0.2) is 5.96 Å². The third-order valence-corrected chi connectivity index (χ3v) is 3.81. The number of nitrogens with zero attached hydrogens (tertiary/aromatic N) is 2. The van der Waals surface area contributed by atoms with E-state index in [-0.39, 0.29) is 0 Å². The van der Waals surface area contributed by atoms with Crippen LogP contribution in [-0.2, 0) is 13.2 Å². The van der Waals surface area contributed by atoms with Crippen molar-refractivity contribution in [3.8, 4) is 5.88 Å². The maximum atomic E-state index is 5.98. The second kappa shape index (κ2) is 8.67. The van der Waals surface area contributed by atoms with Gasteiger partial charge in [-0.05, 0) is 30.7 Å². The van der Waals surface area contributed by atoms with E-state index < -0.39 is 0 Å². The number of nitrogens with two attached hydrogens (primary N) is 1. The van der Waals surface area contributed by atoms with Gasteiger partial charge in [0.1, 0.15) is 6.61 Å². The summed E-state index contributed by atoms with van der Waals surface area (Å²) in [6.07, 6.45) is 1.71. The number of benzene rings is 2. The molecule has 0 bridgehead atoms. The topological polar surface area (TPSA) is 72.5 Å². The Morgan fingerprint density at radius 3 is 2.58 bits per heavy atom. The molecule has 3 aromatic rings. The molecule has 0 saturated heterocycles. The fourth-order valence-electron chi connectivity index (χ4n) is 2.39. The maximum absolute atomic E-state index is 5.98. The summed E-state index contributed by atoms with van der Waals surface area (Å²) in [5.74, 6) is 0.926. The fourth-order valence-corrected chi connectivity index (χ4v) is 2.39. The number of guanidine groups is 1. The van der Waals surface area contributed by atoms with E-state index in [9.17, 15) is 0 Å². The standard InChI is InChI=1S/C21H22N4O/c1-16-9-11-19(12-10-16)25-21(22)24-14-18-8-5-13-23-20(18)26-15-17-6-3-2-4-7-17/h2-13H,14-15H2,1H3,(H3,22,24,25). The van der Waals surface area contributed by atoms with E-state index in [4.69, 9.17) is 10.5 Å². The van der Waals surface area contributed by atoms with E-state index in [1.54, 1.807) is 6.20 Å². The van der Waals surface area contributed by atoms with Crippen LogP contribution >= 0.6 is 0 Å². The average molecular weight is 346 g/mol. The largest absolute Gasteiger partial charge is 0.473 e. The van der Waals surface area contributed by atoms with Crippen LogP contribution in [0.5, 0.6) is 5.88 Å². The van der Waals surface area contributed by atoms with E-state index in [1.807, 2.05) is 73.7 Å². The molecule has 0 amide bonds. The van der Waals surface area contributed by atoms with Crippen molar-refractivity contribution in [3.05, 3.63) is 89.6 Å². The van der Waals surface area contributed by atoms with E-state index in [0.717, 1.165) is 16.8 Å². The molecule has 1 aromatic heterocycles. The number of aromatic nitrogens is 1. The molecule has 2 aromatic carbocycles. The molecule has 0 unspecified atom stereocenters. The lowest BCUT2D eigenvalue weighted by Crippen LogP contribution is -2.22. The number of aliphatic imine (C=N–C) groups is 1. The predicted octanol–water partition coefficient (Wildman–Crippen LogP) is 3.90. The Hall–Kier alpha value is -3.34. The number of rotatable bonds is 6. The molecule has 5 nitrogen and oxygen atoms in total. The van der Waals surface area contributed by atoms with E-state index in [0.29, 0.717) is 25.0 Å². The summed E-state index contributed by atoms with van der Waals surface area (Å²) in [7, 11) is 0. The smallest absolute Gasteiger partial charge is 0.218 e. The van der Waals surface area contributed by atoms with Gasteiger partial charge in [0.05, 0.1) is 6.54 Å². The number of hydrogen-bond acceptors (Lipinski definition) is 3. The zero-order valence-corrected chi connectivity index (χ0v) is 14.7. The third kappa shape index (κ3) is 5.08. The van der Waals surface area contributed by atoms with E-state index in [2.05, 4.69) is 15.3 Å². The van der Waals surface area contributed by atoms with Crippen LogP contribution in [-0.4, -0.2) is 10.9 Å². The second-order valence-corrected chi connectivity index (χ2v) is 5.93. The molecule has 1 heterocycles. The zero-order chi connectivity index (χ0) is 18.2. The number of anilines is 1. The summed E-state index contributed by atoms with van der Waals surface area (Å²) in [6, 6.07) is 21.8. The van der Waals surface area contributed by atoms with Crippen LogP contribution in [0.4, 0.5) is 5.69 Å². The highest BCUT2D eigenvalue weighted by molar-refractivity contribution is 5.92. The van der Waals surface area contributed by atoms with Gasteiger partial charge < -0.3 is 15.8 Å². The molecule has 3 N–H and O–H groups in total. The van der Waals surface area contributed by atoms with Gasteiger partial charge in [-0.15, -0.1) is 0 Å². The first-order valence-corrected chi connectivity index (χ1v) is 8.45. The molecule has 132 valence electrons. The van der Waals surface area contributed by atoms with Crippen LogP contribution < -0.4 is 15.8 Å². The average Bonchev–Trinajstić information content (AvgIpc) is 2.68. The van der Waals surface area contributed by atoms with E-state index >= 15 is 0 Å². The number of nitrogens with one attached hydrogen (secondary N) is 1. The lowest BCUT2D eigenvalue weighted by molar-refractivity contribution is 0.290. The van der Waals surface area contributed by atoms with Gasteiger partial charge in [-0.3, -0.25) is 0 Å². The first kappa shape index (κ1) is 17.5. The Labute approximate surface area is 153 Å². The Balaban J connectivity index is 1.63. The highest BCUT2D eigenvalue weighted by atomic mass is 16.5. The van der Waals surface area contributed by atoms with Crippen molar-refractivity contribution in [2.24, 2.45) is 10.7 Å². The number of hydrogen-bond donors (Lipinski definition) is 2. The SMILES string of the molecule is Cc1ccc(NC(N)=NCc2cccnc2OCc2ccccc2)cc1. The third-order valence-electron chi connectivity index (χ3n) is 3.81. The summed E-state index contributed by atoms with van der Waals surface area (Å²) in [6.45, 7) is 2.90. The molecule has 0 atom stereocenters. The van der Waals surface area contributed by atoms with Crippen molar-refractivity contribution in [1.82, 2.24) is 4.98 Å². The molecule has 0 radical (unpaired) electrons. The summed E-state index contributed by atoms with van der Waals surface area (Å²) < 4.78 is 5.85. The van der Waals surface area contributed by atoms with Crippen LogP contribution in [0.2, 0.25) is 0 Å². The van der Waals surface area contributed by atoms with Crippen molar-refractivity contribution in [3.63, 3.8) is 0 Å². The van der Waals surface area contributed by atoms with Gasteiger partial charge in [-0.2, -0.15) is 0 Å². The molecule has 0 aliphatic heterocycles. The van der Waals surface area contributed by atoms with Crippen molar-refractivity contribution >= 4 is 11.6 Å². The fraction of sp³-hybridized carbons (Fsp3) is 0.143. The van der Waals surface area contributed by atoms with Crippen LogP contribution in [0, 0.1) is 6.92 Å². The zero-order valence-electron chi connectivity index (χ0n) is 14.7. The summed E-state index contributed by atoms with van der Waals surface area (Å²) >= 11 is 0. The Morgan fingerprint density at radius 2 is 1.81 bits per heavy atom. The molecule has 0 aliphatic rings. The maximum Gasteiger partial charge on any atom is 0.218 e. The molecular formula is C21H22N4O. The number of ether oxygens (including phenoxy) is 1. The summed E-state index contributed by atoms with van der Waals surface area (Å²) in [5, 5.41) is 3.08. The molecule has 0 aliphatic carbocycles. The lowest BCUT2D eigenvalue weighted by atomic mass is 10.2. The van der Waals surface area contributed by atoms with Gasteiger partial charge in [0, 0.05) is 17.4 Å². The molecule has 0 fully saturated rings. The van der Waals surface area contributed by atoms with Crippen LogP contribution in [0.25, 0.3) is 0 Å². The second-order valence-electron chi connectivity index (χ2n) is 5.93. The first-order valence-electron chi connectivity index (χ1n) is 8.45. The molecular weight excluding hydrogens is 324 g/mol. The summed E-state index contributed by atoms with van der Waals surface area (Å²) in [5.41, 5.74) is 10.1. The molecule has 26 heavy (non-hydrogen) atoms. The van der Waals surface area contributed by atoms with Crippen molar-refractivity contribution in [2.75, 3.05) is 5.32 Å². The Bertz CT molecular complexity index is 861. The van der Waals surface area contributed by atoms with Gasteiger partial charge in [0.25, 0.3) is 0 Å². The van der Waals surface area contributed by atoms with Crippen LogP contribution in [0.15, 0.2) is 77.9 Å². The molecule has 3 rings (SSSR count). The Kier molecular flexibility index (Phi) is 5.83. The van der Waals surface area contributed by atoms with Crippen molar-refractivity contribution in [2.45, 2.75) is 20.1 Å². The quantitative estimate of drug-likeness (QED) is 0.524. The Morgan fingerprint density at radius 1 is 1.04 bits per heavy atom. The molecule has 0 spiro atoms. The predicted molar refractivity (Wildman–Crippen MR) is 105 cm³/mol. The minimum absolute atomic E-state index is 0.353. The normalized spacial score (nSPS) is 11.2. The molecule has 0 saturated carbocycles. The minimum Gasteiger partial charge on any atom is -0.473 e. The van der Waals surface area contributed by atoms with Crippen LogP contribution in [0.3, 0.4) is 0 Å². The number of aryl methyl sites for hydroxylation is 1. The highest BCUT2D eigenvalue weighted by Crippen LogP contribution is 2.17. The van der Waals surface area contributed by atoms with Gasteiger partial charge in [-0.25, -0.2) is 9.98 Å². The van der Waals surface area contributed by atoms with Gasteiger partial charge in [0.2, 0.25) is 5.88 Å². The monoisotopic (exact) mass is 346 g/mol. The van der Waals surface area contributed by atoms with Crippen molar-refractivity contribution < 1.29 is 4.74 Å². The number of pyridine rings is 1. The van der Waals surface area contributed by atoms with Crippen molar-refractivity contribution in [1.29, 1.82) is 0 Å². The highest BCUT2D eigenvalue weighted by Gasteiger charge is 2.05. The lowest BCUT2D eigenvalue weighted by Gasteiger charge is -2.10. The van der Waals surface area contributed by atoms with Gasteiger partial charge >= 0.3 is 0 Å². The minimum atomic E-state index is 0.353. The molecule has 5 heteroatoms. The summed E-state index contributed by atoms with van der Waals surface area (Å²) in [4.78, 5) is 8.70. The first-order chi connectivity index (χ1) is 12.7. The van der Waals surface area contributed by atoms with Gasteiger partial charge in [-0.1, -0.05) is 54.1 Å².